The van der Waals surface area contributed by atoms with Gasteiger partial charge >= 0.3 is 5.97 Å². The van der Waals surface area contributed by atoms with Crippen LogP contribution in [-0.4, -0.2) is 25.4 Å². The summed E-state index contributed by atoms with van der Waals surface area (Å²) in [5.74, 6) is 0.563. The van der Waals surface area contributed by atoms with Crippen LogP contribution in [0.2, 0.25) is 0 Å². The lowest BCUT2D eigenvalue weighted by molar-refractivity contribution is 0.0696. The third kappa shape index (κ3) is 3.27. The molecule has 94 valence electrons. The molecule has 18 heavy (non-hydrogen) atoms. The van der Waals surface area contributed by atoms with E-state index in [0.717, 1.165) is 22.3 Å². The Morgan fingerprint density at radius 3 is 2.89 bits per heavy atom. The zero-order valence-corrected chi connectivity index (χ0v) is 11.3. The summed E-state index contributed by atoms with van der Waals surface area (Å²) in [4.78, 5) is 19.1. The van der Waals surface area contributed by atoms with Crippen molar-refractivity contribution in [3.63, 3.8) is 0 Å². The summed E-state index contributed by atoms with van der Waals surface area (Å²) in [5, 5.41) is 8.75. The molecule has 0 atom stereocenters. The Labute approximate surface area is 112 Å². The van der Waals surface area contributed by atoms with E-state index in [9.17, 15) is 4.79 Å². The minimum absolute atomic E-state index is 0.202. The van der Waals surface area contributed by atoms with Gasteiger partial charge in [0.1, 0.15) is 5.82 Å². The number of carboxylic acid groups (broad SMARTS) is 1. The second kappa shape index (κ2) is 5.92. The minimum Gasteiger partial charge on any atom is -0.478 e. The molecular weight excluding hydrogens is 270 g/mol. The summed E-state index contributed by atoms with van der Waals surface area (Å²) in [6.07, 6.45) is 2.21. The molecule has 2 heterocycles. The first kappa shape index (κ1) is 13.0. The molecule has 0 aliphatic carbocycles. The molecule has 2 rings (SSSR count). The summed E-state index contributed by atoms with van der Waals surface area (Å²) in [7, 11) is 0. The number of aromatic nitrogens is 3. The molecule has 2 aromatic rings. The fourth-order valence-electron chi connectivity index (χ4n) is 1.21. The standard InChI is InChI=1S/C11H11N3O2S2/c1-2-9-13-11(18-14-9)17-6-8-4-3-7(5-12-8)10(15)16/h3-5H,2,6H2,1H3,(H,15,16). The molecule has 0 aromatic carbocycles. The van der Waals surface area contributed by atoms with Crippen LogP contribution >= 0.6 is 23.3 Å². The molecule has 0 saturated carbocycles. The first-order valence-corrected chi connectivity index (χ1v) is 7.08. The van der Waals surface area contributed by atoms with Gasteiger partial charge in [0.25, 0.3) is 0 Å². The monoisotopic (exact) mass is 281 g/mol. The zero-order chi connectivity index (χ0) is 13.0. The van der Waals surface area contributed by atoms with Gasteiger partial charge in [-0.15, -0.1) is 0 Å². The number of rotatable bonds is 5. The highest BCUT2D eigenvalue weighted by atomic mass is 32.2. The molecule has 7 heteroatoms. The molecule has 0 spiro atoms. The Morgan fingerprint density at radius 1 is 1.50 bits per heavy atom. The Balaban J connectivity index is 1.95. The van der Waals surface area contributed by atoms with Crippen molar-refractivity contribution in [2.75, 3.05) is 0 Å². The Bertz CT molecular complexity index is 539. The second-order valence-corrected chi connectivity index (χ2v) is 5.44. The Kier molecular flexibility index (Phi) is 4.27. The summed E-state index contributed by atoms with van der Waals surface area (Å²) in [6.45, 7) is 2.02. The Morgan fingerprint density at radius 2 is 2.33 bits per heavy atom. The molecule has 0 aliphatic rings. The number of hydrogen-bond donors (Lipinski definition) is 1. The SMILES string of the molecule is CCc1nsc(SCc2ccc(C(=O)O)cn2)n1. The van der Waals surface area contributed by atoms with E-state index in [4.69, 9.17) is 5.11 Å². The Hall–Kier alpha value is -1.47. The van der Waals surface area contributed by atoms with Gasteiger partial charge in [-0.25, -0.2) is 9.78 Å². The van der Waals surface area contributed by atoms with E-state index in [2.05, 4.69) is 14.3 Å². The lowest BCUT2D eigenvalue weighted by Gasteiger charge is -1.98. The highest BCUT2D eigenvalue weighted by Crippen LogP contribution is 2.23. The number of pyridine rings is 1. The largest absolute Gasteiger partial charge is 0.478 e. The van der Waals surface area contributed by atoms with Crippen LogP contribution in [0.1, 0.15) is 28.8 Å². The van der Waals surface area contributed by atoms with Crippen molar-refractivity contribution in [2.24, 2.45) is 0 Å². The van der Waals surface area contributed by atoms with Crippen molar-refractivity contribution in [3.05, 3.63) is 35.4 Å². The van der Waals surface area contributed by atoms with Crippen molar-refractivity contribution in [1.29, 1.82) is 0 Å². The van der Waals surface area contributed by atoms with Gasteiger partial charge in [-0.1, -0.05) is 18.7 Å². The average Bonchev–Trinajstić information content (AvgIpc) is 2.85. The minimum atomic E-state index is -0.960. The summed E-state index contributed by atoms with van der Waals surface area (Å²) >= 11 is 2.94. The molecule has 0 unspecified atom stereocenters. The van der Waals surface area contributed by atoms with Gasteiger partial charge in [0.2, 0.25) is 0 Å². The first-order chi connectivity index (χ1) is 8.69. The maximum Gasteiger partial charge on any atom is 0.337 e. The van der Waals surface area contributed by atoms with E-state index in [1.54, 1.807) is 23.9 Å². The number of carbonyl (C=O) groups is 1. The molecule has 1 N–H and O–H groups in total. The van der Waals surface area contributed by atoms with Crippen LogP contribution in [0.4, 0.5) is 0 Å². The number of thioether (sulfide) groups is 1. The number of aryl methyl sites for hydroxylation is 1. The van der Waals surface area contributed by atoms with Crippen LogP contribution in [0.3, 0.4) is 0 Å². The number of hydrogen-bond acceptors (Lipinski definition) is 6. The normalized spacial score (nSPS) is 10.5. The van der Waals surface area contributed by atoms with Crippen LogP contribution in [0.5, 0.6) is 0 Å². The summed E-state index contributed by atoms with van der Waals surface area (Å²) in [5.41, 5.74) is 1.03. The predicted molar refractivity (Wildman–Crippen MR) is 70.0 cm³/mol. The van der Waals surface area contributed by atoms with Crippen LogP contribution in [0, 0.1) is 0 Å². The zero-order valence-electron chi connectivity index (χ0n) is 9.66. The summed E-state index contributed by atoms with van der Waals surface area (Å²) < 4.78 is 5.11. The van der Waals surface area contributed by atoms with Gasteiger partial charge in [-0.05, 0) is 23.7 Å². The van der Waals surface area contributed by atoms with Crippen LogP contribution < -0.4 is 0 Å². The third-order valence-electron chi connectivity index (χ3n) is 2.18. The molecule has 0 aliphatic heterocycles. The smallest absolute Gasteiger partial charge is 0.337 e. The average molecular weight is 281 g/mol. The maximum absolute atomic E-state index is 10.7. The fraction of sp³-hybridized carbons (Fsp3) is 0.273. The number of aromatic carboxylic acids is 1. The van der Waals surface area contributed by atoms with Crippen LogP contribution in [-0.2, 0) is 12.2 Å². The molecule has 0 radical (unpaired) electrons. The third-order valence-corrected chi connectivity index (χ3v) is 4.09. The van der Waals surface area contributed by atoms with E-state index in [1.165, 1.54) is 17.7 Å². The van der Waals surface area contributed by atoms with Crippen molar-refractivity contribution in [2.45, 2.75) is 23.4 Å². The van der Waals surface area contributed by atoms with Crippen molar-refractivity contribution in [3.8, 4) is 0 Å². The quantitative estimate of drug-likeness (QED) is 0.849. The van der Waals surface area contributed by atoms with E-state index in [-0.39, 0.29) is 5.56 Å². The van der Waals surface area contributed by atoms with Crippen molar-refractivity contribution >= 4 is 29.3 Å². The van der Waals surface area contributed by atoms with Crippen molar-refractivity contribution < 1.29 is 9.90 Å². The van der Waals surface area contributed by atoms with Gasteiger partial charge in [0.05, 0.1) is 11.3 Å². The maximum atomic E-state index is 10.7. The topological polar surface area (TPSA) is 76.0 Å². The number of nitrogens with zero attached hydrogens (tertiary/aromatic N) is 3. The molecule has 2 aromatic heterocycles. The lowest BCUT2D eigenvalue weighted by atomic mass is 10.2. The van der Waals surface area contributed by atoms with Gasteiger partial charge in [0.15, 0.2) is 4.34 Å². The lowest BCUT2D eigenvalue weighted by Crippen LogP contribution is -1.97. The van der Waals surface area contributed by atoms with Crippen LogP contribution in [0.15, 0.2) is 22.7 Å². The summed E-state index contributed by atoms with van der Waals surface area (Å²) in [6, 6.07) is 3.28. The van der Waals surface area contributed by atoms with Gasteiger partial charge in [0, 0.05) is 18.4 Å². The van der Waals surface area contributed by atoms with Crippen LogP contribution in [0.25, 0.3) is 0 Å². The first-order valence-electron chi connectivity index (χ1n) is 5.32. The van der Waals surface area contributed by atoms with Crippen molar-refractivity contribution in [1.82, 2.24) is 14.3 Å². The molecule has 5 nitrogen and oxygen atoms in total. The predicted octanol–water partition coefficient (Wildman–Crippen LogP) is 2.49. The fourth-order valence-corrected chi connectivity index (χ4v) is 2.82. The molecule has 0 saturated heterocycles. The van der Waals surface area contributed by atoms with E-state index in [0.29, 0.717) is 5.75 Å². The molecule has 0 bridgehead atoms. The van der Waals surface area contributed by atoms with Gasteiger partial charge in [-0.3, -0.25) is 4.98 Å². The highest BCUT2D eigenvalue weighted by molar-refractivity contribution is 8.00. The molecular formula is C11H11N3O2S2. The number of carboxylic acids is 1. The molecule has 0 amide bonds. The van der Waals surface area contributed by atoms with Gasteiger partial charge < -0.3 is 5.11 Å². The van der Waals surface area contributed by atoms with E-state index in [1.807, 2.05) is 6.92 Å². The second-order valence-electron chi connectivity index (χ2n) is 3.46. The molecule has 0 fully saturated rings. The van der Waals surface area contributed by atoms with E-state index >= 15 is 0 Å². The van der Waals surface area contributed by atoms with Gasteiger partial charge in [-0.2, -0.15) is 4.37 Å². The van der Waals surface area contributed by atoms with E-state index < -0.39 is 5.97 Å². The highest BCUT2D eigenvalue weighted by Gasteiger charge is 2.06.